The topological polar surface area (TPSA) is 53.8 Å². The molecule has 5 heteroatoms. The normalized spacial score (nSPS) is 12.8. The summed E-state index contributed by atoms with van der Waals surface area (Å²) in [4.78, 5) is 3.24. The number of nitrogens with two attached hydrogens (primary N) is 1. The molecule has 1 heterocycles. The van der Waals surface area contributed by atoms with Crippen LogP contribution in [0.15, 0.2) is 48.7 Å². The lowest BCUT2D eigenvalue weighted by Crippen LogP contribution is -2.28. The molecule has 0 fully saturated rings. The lowest BCUT2D eigenvalue weighted by atomic mass is 9.99. The molecule has 1 aromatic heterocycles. The maximum Gasteiger partial charge on any atom is 0.0731 e. The molecule has 1 atom stereocenters. The fourth-order valence-corrected chi connectivity index (χ4v) is 2.70. The number of hydrogen-bond donors (Lipinski definition) is 3. The number of para-hydroxylation sites is 1. The molecule has 3 rings (SSSR count). The molecular formula is C15H13Cl2N3. The Bertz CT molecular complexity index is 752. The highest BCUT2D eigenvalue weighted by atomic mass is 35.5. The number of aromatic amines is 1. The number of benzene rings is 2. The van der Waals surface area contributed by atoms with E-state index in [1.807, 2.05) is 36.5 Å². The first-order valence-corrected chi connectivity index (χ1v) is 6.93. The average molecular weight is 306 g/mol. The zero-order valence-corrected chi connectivity index (χ0v) is 12.0. The molecule has 102 valence electrons. The van der Waals surface area contributed by atoms with Crippen LogP contribution < -0.4 is 11.3 Å². The summed E-state index contributed by atoms with van der Waals surface area (Å²) in [5.41, 5.74) is 5.95. The summed E-state index contributed by atoms with van der Waals surface area (Å²) < 4.78 is 0. The third kappa shape index (κ3) is 2.30. The first-order chi connectivity index (χ1) is 9.70. The van der Waals surface area contributed by atoms with E-state index in [9.17, 15) is 0 Å². The molecule has 3 aromatic rings. The van der Waals surface area contributed by atoms with Crippen LogP contribution in [0.4, 0.5) is 0 Å². The van der Waals surface area contributed by atoms with E-state index in [0.717, 1.165) is 22.0 Å². The molecule has 0 bridgehead atoms. The van der Waals surface area contributed by atoms with Crippen molar-refractivity contribution in [1.29, 1.82) is 0 Å². The zero-order valence-electron chi connectivity index (χ0n) is 10.5. The van der Waals surface area contributed by atoms with E-state index in [1.54, 1.807) is 6.07 Å². The number of hydrogen-bond acceptors (Lipinski definition) is 2. The number of rotatable bonds is 3. The van der Waals surface area contributed by atoms with Crippen molar-refractivity contribution in [3.05, 3.63) is 69.8 Å². The van der Waals surface area contributed by atoms with Crippen molar-refractivity contribution in [3.8, 4) is 0 Å². The minimum Gasteiger partial charge on any atom is -0.361 e. The lowest BCUT2D eigenvalue weighted by molar-refractivity contribution is 0.641. The van der Waals surface area contributed by atoms with E-state index >= 15 is 0 Å². The van der Waals surface area contributed by atoms with E-state index in [1.165, 1.54) is 0 Å². The Morgan fingerprint density at radius 1 is 1.05 bits per heavy atom. The largest absolute Gasteiger partial charge is 0.361 e. The standard InChI is InChI=1S/C15H13Cl2N3/c16-12-6-5-9(7-13(12)17)15(20-18)11-8-19-14-4-2-1-3-10(11)14/h1-8,15,19-20H,18H2. The van der Waals surface area contributed by atoms with Gasteiger partial charge in [0.25, 0.3) is 0 Å². The van der Waals surface area contributed by atoms with Crippen LogP contribution in [0.2, 0.25) is 10.0 Å². The van der Waals surface area contributed by atoms with Gasteiger partial charge < -0.3 is 4.98 Å². The van der Waals surface area contributed by atoms with Gasteiger partial charge in [0.2, 0.25) is 0 Å². The van der Waals surface area contributed by atoms with Crippen molar-refractivity contribution in [3.63, 3.8) is 0 Å². The summed E-state index contributed by atoms with van der Waals surface area (Å²) in [6.07, 6.45) is 1.96. The smallest absolute Gasteiger partial charge is 0.0731 e. The van der Waals surface area contributed by atoms with Crippen LogP contribution in [0, 0.1) is 0 Å². The second-order valence-electron chi connectivity index (χ2n) is 4.56. The van der Waals surface area contributed by atoms with Gasteiger partial charge in [-0.2, -0.15) is 0 Å². The van der Waals surface area contributed by atoms with Gasteiger partial charge in [0, 0.05) is 22.7 Å². The highest BCUT2D eigenvalue weighted by molar-refractivity contribution is 6.42. The summed E-state index contributed by atoms with van der Waals surface area (Å²) in [7, 11) is 0. The van der Waals surface area contributed by atoms with Crippen LogP contribution >= 0.6 is 23.2 Å². The number of nitrogens with one attached hydrogen (secondary N) is 2. The molecule has 0 saturated carbocycles. The van der Waals surface area contributed by atoms with Gasteiger partial charge >= 0.3 is 0 Å². The molecule has 0 aliphatic carbocycles. The van der Waals surface area contributed by atoms with Gasteiger partial charge in [-0.1, -0.05) is 47.5 Å². The second-order valence-corrected chi connectivity index (χ2v) is 5.38. The van der Waals surface area contributed by atoms with Crippen molar-refractivity contribution in [2.75, 3.05) is 0 Å². The Balaban J connectivity index is 2.11. The molecular weight excluding hydrogens is 293 g/mol. The van der Waals surface area contributed by atoms with Crippen LogP contribution in [0.5, 0.6) is 0 Å². The van der Waals surface area contributed by atoms with Gasteiger partial charge in [-0.15, -0.1) is 0 Å². The average Bonchev–Trinajstić information content (AvgIpc) is 2.88. The van der Waals surface area contributed by atoms with E-state index in [-0.39, 0.29) is 6.04 Å². The summed E-state index contributed by atoms with van der Waals surface area (Å²) >= 11 is 12.0. The van der Waals surface area contributed by atoms with E-state index < -0.39 is 0 Å². The van der Waals surface area contributed by atoms with Gasteiger partial charge in [-0.25, -0.2) is 5.43 Å². The number of halogens is 2. The Kier molecular flexibility index (Phi) is 3.68. The predicted molar refractivity (Wildman–Crippen MR) is 83.9 cm³/mol. The summed E-state index contributed by atoms with van der Waals surface area (Å²) in [5, 5.41) is 2.18. The maximum atomic E-state index is 6.09. The first kappa shape index (κ1) is 13.5. The summed E-state index contributed by atoms with van der Waals surface area (Å²) in [5.74, 6) is 5.74. The van der Waals surface area contributed by atoms with Crippen LogP contribution in [-0.2, 0) is 0 Å². The van der Waals surface area contributed by atoms with Crippen molar-refractivity contribution >= 4 is 34.1 Å². The molecule has 0 aliphatic rings. The fraction of sp³-hybridized carbons (Fsp3) is 0.0667. The summed E-state index contributed by atoms with van der Waals surface area (Å²) in [6, 6.07) is 13.5. The molecule has 20 heavy (non-hydrogen) atoms. The van der Waals surface area contributed by atoms with Crippen molar-refractivity contribution < 1.29 is 0 Å². The minimum absolute atomic E-state index is 0.152. The van der Waals surface area contributed by atoms with E-state index in [2.05, 4.69) is 16.5 Å². The quantitative estimate of drug-likeness (QED) is 0.505. The highest BCUT2D eigenvalue weighted by Gasteiger charge is 2.17. The van der Waals surface area contributed by atoms with Gasteiger partial charge in [-0.3, -0.25) is 5.84 Å². The molecule has 1 unspecified atom stereocenters. The van der Waals surface area contributed by atoms with Crippen molar-refractivity contribution in [2.24, 2.45) is 5.84 Å². The van der Waals surface area contributed by atoms with Crippen LogP contribution in [0.3, 0.4) is 0 Å². The molecule has 0 spiro atoms. The van der Waals surface area contributed by atoms with Gasteiger partial charge in [-0.05, 0) is 23.8 Å². The third-order valence-electron chi connectivity index (χ3n) is 3.38. The zero-order chi connectivity index (χ0) is 14.1. The second kappa shape index (κ2) is 5.46. The Morgan fingerprint density at radius 2 is 1.85 bits per heavy atom. The van der Waals surface area contributed by atoms with E-state index in [4.69, 9.17) is 29.0 Å². The predicted octanol–water partition coefficient (Wildman–Crippen LogP) is 4.03. The highest BCUT2D eigenvalue weighted by Crippen LogP contribution is 2.31. The monoisotopic (exact) mass is 305 g/mol. The molecule has 3 nitrogen and oxygen atoms in total. The maximum absolute atomic E-state index is 6.09. The molecule has 0 amide bonds. The minimum atomic E-state index is -0.152. The fourth-order valence-electron chi connectivity index (χ4n) is 2.39. The van der Waals surface area contributed by atoms with Gasteiger partial charge in [0.05, 0.1) is 16.1 Å². The third-order valence-corrected chi connectivity index (χ3v) is 4.11. The molecule has 4 N–H and O–H groups in total. The SMILES string of the molecule is NNC(c1ccc(Cl)c(Cl)c1)c1c[nH]c2ccccc12. The van der Waals surface area contributed by atoms with Crippen molar-refractivity contribution in [1.82, 2.24) is 10.4 Å². The number of H-pyrrole nitrogens is 1. The number of fused-ring (bicyclic) bond motifs is 1. The summed E-state index contributed by atoms with van der Waals surface area (Å²) in [6.45, 7) is 0. The Morgan fingerprint density at radius 3 is 2.60 bits per heavy atom. The number of hydrazine groups is 1. The first-order valence-electron chi connectivity index (χ1n) is 6.18. The Labute approximate surface area is 126 Å². The Hall–Kier alpha value is -1.52. The van der Waals surface area contributed by atoms with Crippen LogP contribution in [-0.4, -0.2) is 4.98 Å². The lowest BCUT2D eigenvalue weighted by Gasteiger charge is -2.16. The van der Waals surface area contributed by atoms with Crippen LogP contribution in [0.1, 0.15) is 17.2 Å². The van der Waals surface area contributed by atoms with Crippen molar-refractivity contribution in [2.45, 2.75) is 6.04 Å². The van der Waals surface area contributed by atoms with Gasteiger partial charge in [0.15, 0.2) is 0 Å². The molecule has 0 saturated heterocycles. The molecule has 0 radical (unpaired) electrons. The van der Waals surface area contributed by atoms with Gasteiger partial charge in [0.1, 0.15) is 0 Å². The van der Waals surface area contributed by atoms with Crippen LogP contribution in [0.25, 0.3) is 10.9 Å². The molecule has 0 aliphatic heterocycles. The molecule has 2 aromatic carbocycles. The number of aromatic nitrogens is 1. The van der Waals surface area contributed by atoms with E-state index in [0.29, 0.717) is 10.0 Å².